The highest BCUT2D eigenvalue weighted by molar-refractivity contribution is 7.89. The van der Waals surface area contributed by atoms with Gasteiger partial charge in [-0.05, 0) is 62.3 Å². The second-order valence-electron chi connectivity index (χ2n) is 9.52. The van der Waals surface area contributed by atoms with Gasteiger partial charge in [0, 0.05) is 31.5 Å². The first-order valence-electron chi connectivity index (χ1n) is 11.6. The Bertz CT molecular complexity index is 1000. The molecule has 0 unspecified atom stereocenters. The molecule has 0 radical (unpaired) electrons. The number of hydrogen-bond acceptors (Lipinski definition) is 5. The largest absolute Gasteiger partial charge is 0.487 e. The van der Waals surface area contributed by atoms with Gasteiger partial charge in [-0.15, -0.1) is 0 Å². The van der Waals surface area contributed by atoms with Crippen LogP contribution in [0.2, 0.25) is 0 Å². The lowest BCUT2D eigenvalue weighted by Crippen LogP contribution is -2.50. The molecule has 1 saturated carbocycles. The fourth-order valence-corrected chi connectivity index (χ4v) is 6.40. The predicted molar refractivity (Wildman–Crippen MR) is 123 cm³/mol. The molecule has 3 atom stereocenters. The molecule has 4 rings (SSSR count). The summed E-state index contributed by atoms with van der Waals surface area (Å²) in [6.45, 7) is 4.00. The van der Waals surface area contributed by atoms with Gasteiger partial charge in [0.25, 0.3) is 0 Å². The number of hydrogen-bond donors (Lipinski definition) is 1. The minimum atomic E-state index is -3.85. The Labute approximate surface area is 191 Å². The van der Waals surface area contributed by atoms with E-state index in [0.29, 0.717) is 12.3 Å². The van der Waals surface area contributed by atoms with E-state index in [-0.39, 0.29) is 41.9 Å². The molecule has 0 saturated heterocycles. The average molecular weight is 463 g/mol. The Morgan fingerprint density at radius 1 is 1.34 bits per heavy atom. The molecule has 1 aromatic carbocycles. The van der Waals surface area contributed by atoms with Crippen LogP contribution in [0.25, 0.3) is 5.57 Å². The molecule has 0 spiro atoms. The number of carbonyl (C=O) groups excluding carboxylic acids is 1. The highest BCUT2D eigenvalue weighted by Crippen LogP contribution is 2.38. The molecule has 8 heteroatoms. The molecule has 3 aliphatic rings. The van der Waals surface area contributed by atoms with Crippen molar-refractivity contribution < 1.29 is 23.1 Å². The first-order chi connectivity index (χ1) is 15.2. The smallest absolute Gasteiger partial charge is 0.247 e. The summed E-state index contributed by atoms with van der Waals surface area (Å²) >= 11 is 0. The van der Waals surface area contributed by atoms with Gasteiger partial charge < -0.3 is 14.7 Å². The van der Waals surface area contributed by atoms with Crippen LogP contribution in [0.4, 0.5) is 0 Å². The zero-order valence-corrected chi connectivity index (χ0v) is 20.0. The molecule has 2 aliphatic carbocycles. The number of allylic oxidation sites excluding steroid dienone is 2. The zero-order chi connectivity index (χ0) is 23.0. The molecule has 0 aromatic heterocycles. The summed E-state index contributed by atoms with van der Waals surface area (Å²) < 4.78 is 34.8. The number of benzene rings is 1. The summed E-state index contributed by atoms with van der Waals surface area (Å²) in [5.74, 6) is 0.398. The van der Waals surface area contributed by atoms with Crippen LogP contribution in [0.3, 0.4) is 0 Å². The maximum Gasteiger partial charge on any atom is 0.247 e. The van der Waals surface area contributed by atoms with Gasteiger partial charge in [-0.1, -0.05) is 19.1 Å². The molecule has 1 N–H and O–H groups in total. The summed E-state index contributed by atoms with van der Waals surface area (Å²) in [6.07, 6.45) is 6.80. The van der Waals surface area contributed by atoms with Crippen LogP contribution >= 0.6 is 0 Å². The molecule has 1 aliphatic heterocycles. The highest BCUT2D eigenvalue weighted by Gasteiger charge is 2.39. The Morgan fingerprint density at radius 2 is 2.09 bits per heavy atom. The second kappa shape index (κ2) is 9.15. The van der Waals surface area contributed by atoms with Crippen molar-refractivity contribution >= 4 is 21.5 Å². The van der Waals surface area contributed by atoms with Gasteiger partial charge in [-0.25, -0.2) is 8.42 Å². The number of aliphatic hydroxyl groups excluding tert-OH is 1. The van der Waals surface area contributed by atoms with Crippen LogP contribution in [0, 0.1) is 11.8 Å². The van der Waals surface area contributed by atoms with Crippen LogP contribution in [-0.4, -0.2) is 67.5 Å². The molecule has 1 aromatic rings. The number of rotatable bonds is 6. The monoisotopic (exact) mass is 462 g/mol. The van der Waals surface area contributed by atoms with Crippen LogP contribution in [0.15, 0.2) is 29.2 Å². The third-order valence-electron chi connectivity index (χ3n) is 6.84. The normalized spacial score (nSPS) is 26.3. The average Bonchev–Trinajstić information content (AvgIpc) is 3.48. The first-order valence-corrected chi connectivity index (χ1v) is 13.0. The number of fused-ring (bicyclic) bond motifs is 1. The fourth-order valence-electron chi connectivity index (χ4n) is 4.58. The van der Waals surface area contributed by atoms with Crippen molar-refractivity contribution in [1.29, 1.82) is 0 Å². The Morgan fingerprint density at radius 3 is 2.72 bits per heavy atom. The van der Waals surface area contributed by atoms with Crippen molar-refractivity contribution in [1.82, 2.24) is 9.21 Å². The molecular formula is C24H34N2O5S. The lowest BCUT2D eigenvalue weighted by molar-refractivity contribution is -0.132. The number of carbonyl (C=O) groups is 1. The molecule has 1 heterocycles. The van der Waals surface area contributed by atoms with E-state index < -0.39 is 16.1 Å². The summed E-state index contributed by atoms with van der Waals surface area (Å²) in [4.78, 5) is 14.4. The van der Waals surface area contributed by atoms with E-state index in [4.69, 9.17) is 4.74 Å². The third-order valence-corrected chi connectivity index (χ3v) is 8.86. The lowest BCUT2D eigenvalue weighted by Gasteiger charge is -2.37. The zero-order valence-electron chi connectivity index (χ0n) is 19.2. The van der Waals surface area contributed by atoms with Crippen molar-refractivity contribution in [3.05, 3.63) is 29.8 Å². The van der Waals surface area contributed by atoms with Gasteiger partial charge in [0.1, 0.15) is 16.7 Å². The Kier molecular flexibility index (Phi) is 6.66. The highest BCUT2D eigenvalue weighted by atomic mass is 32.2. The predicted octanol–water partition coefficient (Wildman–Crippen LogP) is 2.89. The second-order valence-corrected chi connectivity index (χ2v) is 11.4. The summed E-state index contributed by atoms with van der Waals surface area (Å²) in [7, 11) is -2.06. The summed E-state index contributed by atoms with van der Waals surface area (Å²) in [6, 6.07) is 4.75. The molecule has 176 valence electrons. The van der Waals surface area contributed by atoms with Gasteiger partial charge in [-0.2, -0.15) is 4.31 Å². The van der Waals surface area contributed by atoms with E-state index in [9.17, 15) is 18.3 Å². The molecular weight excluding hydrogens is 428 g/mol. The molecule has 1 fully saturated rings. The van der Waals surface area contributed by atoms with E-state index in [1.165, 1.54) is 9.88 Å². The van der Waals surface area contributed by atoms with E-state index in [1.807, 2.05) is 19.1 Å². The van der Waals surface area contributed by atoms with E-state index >= 15 is 0 Å². The van der Waals surface area contributed by atoms with Crippen molar-refractivity contribution in [3.63, 3.8) is 0 Å². The summed E-state index contributed by atoms with van der Waals surface area (Å²) in [5, 5.41) is 9.76. The maximum absolute atomic E-state index is 13.5. The number of amides is 1. The molecule has 0 bridgehead atoms. The maximum atomic E-state index is 13.5. The third kappa shape index (κ3) is 4.58. The minimum absolute atomic E-state index is 0.114. The van der Waals surface area contributed by atoms with E-state index in [2.05, 4.69) is 6.08 Å². The number of sulfonamides is 1. The lowest BCUT2D eigenvalue weighted by atomic mass is 10.0. The van der Waals surface area contributed by atoms with Gasteiger partial charge in [-0.3, -0.25) is 4.79 Å². The Balaban J connectivity index is 1.73. The van der Waals surface area contributed by atoms with Crippen LogP contribution in [-0.2, 0) is 14.8 Å². The van der Waals surface area contributed by atoms with Crippen LogP contribution < -0.4 is 4.74 Å². The topological polar surface area (TPSA) is 87.2 Å². The molecule has 7 nitrogen and oxygen atoms in total. The summed E-state index contributed by atoms with van der Waals surface area (Å²) in [5.41, 5.74) is 2.19. The van der Waals surface area contributed by atoms with E-state index in [0.717, 1.165) is 37.7 Å². The molecule has 32 heavy (non-hydrogen) atoms. The van der Waals surface area contributed by atoms with Gasteiger partial charge in [0.05, 0.1) is 13.2 Å². The molecule has 1 amide bonds. The number of aliphatic hydroxyl groups is 1. The van der Waals surface area contributed by atoms with Gasteiger partial charge >= 0.3 is 0 Å². The number of nitrogens with zero attached hydrogens (tertiary/aromatic N) is 2. The van der Waals surface area contributed by atoms with Crippen LogP contribution in [0.1, 0.15) is 51.5 Å². The quantitative estimate of drug-likeness (QED) is 0.702. The standard InChI is InChI=1S/C24H34N2O5S/c1-16-13-26(17(2)15-27)32(29,30)23-11-10-20(18-6-4-5-7-18)12-21(23)31-22(16)14-25(3)24(28)19-8-9-19/h6,10-12,16-17,19,22,27H,4-5,7-9,13-15H2,1-3H3/t16-,17+,22+/m1/s1. The van der Waals surface area contributed by atoms with Gasteiger partial charge in [0.15, 0.2) is 0 Å². The fraction of sp³-hybridized carbons (Fsp3) is 0.625. The number of likely N-dealkylation sites (N-methyl/N-ethyl adjacent to an activating group) is 1. The SMILES string of the molecule is C[C@@H]1CN([C@@H](C)CO)S(=O)(=O)c2ccc(C3=CCCC3)cc2O[C@H]1CN(C)C(=O)C1CC1. The van der Waals surface area contributed by atoms with E-state index in [1.54, 1.807) is 24.9 Å². The van der Waals surface area contributed by atoms with Crippen molar-refractivity contribution in [2.75, 3.05) is 26.7 Å². The van der Waals surface area contributed by atoms with Crippen LogP contribution in [0.5, 0.6) is 5.75 Å². The number of ether oxygens (including phenoxy) is 1. The van der Waals surface area contributed by atoms with Gasteiger partial charge in [0.2, 0.25) is 15.9 Å². The van der Waals surface area contributed by atoms with Crippen molar-refractivity contribution in [2.24, 2.45) is 11.8 Å². The minimum Gasteiger partial charge on any atom is -0.487 e. The van der Waals surface area contributed by atoms with Crippen molar-refractivity contribution in [3.8, 4) is 5.75 Å². The first kappa shape index (κ1) is 23.3. The Hall–Kier alpha value is -1.90. The van der Waals surface area contributed by atoms with Crippen molar-refractivity contribution in [2.45, 2.75) is 63.0 Å².